The Labute approximate surface area is 119 Å². The minimum atomic E-state index is -0.380. The van der Waals surface area contributed by atoms with Gasteiger partial charge in [-0.2, -0.15) is 5.10 Å². The van der Waals surface area contributed by atoms with E-state index in [0.717, 1.165) is 28.7 Å². The first kappa shape index (κ1) is 13.7. The van der Waals surface area contributed by atoms with Crippen molar-refractivity contribution in [3.63, 3.8) is 0 Å². The van der Waals surface area contributed by atoms with Crippen molar-refractivity contribution >= 4 is 21.6 Å². The molecule has 0 aliphatic carbocycles. The molecule has 0 saturated carbocycles. The third-order valence-corrected chi connectivity index (χ3v) is 3.41. The molecule has 0 bridgehead atoms. The molecule has 0 spiro atoms. The Morgan fingerprint density at radius 3 is 2.63 bits per heavy atom. The van der Waals surface area contributed by atoms with Crippen LogP contribution < -0.4 is 0 Å². The third-order valence-electron chi connectivity index (χ3n) is 2.92. The summed E-state index contributed by atoms with van der Waals surface area (Å²) in [6.45, 7) is 4.03. The normalized spacial score (nSPS) is 10.7. The van der Waals surface area contributed by atoms with Gasteiger partial charge in [0.15, 0.2) is 0 Å². The van der Waals surface area contributed by atoms with Gasteiger partial charge in [0.05, 0.1) is 10.6 Å². The molecular formula is C13H14BrN3O2. The average Bonchev–Trinajstić information content (AvgIpc) is 2.81. The standard InChI is InChI=1S/C13H14BrN3O2/c1-3-10-8-11(4-2)16(15-10)13-7-9(14)5-6-12(13)17(18)19/h5-8H,3-4H2,1-2H3. The summed E-state index contributed by atoms with van der Waals surface area (Å²) in [5.74, 6) is 0. The number of nitrogens with zero attached hydrogens (tertiary/aromatic N) is 3. The van der Waals surface area contributed by atoms with Crippen LogP contribution in [0.25, 0.3) is 5.69 Å². The van der Waals surface area contributed by atoms with Gasteiger partial charge < -0.3 is 0 Å². The van der Waals surface area contributed by atoms with E-state index in [0.29, 0.717) is 5.69 Å². The highest BCUT2D eigenvalue weighted by molar-refractivity contribution is 9.10. The summed E-state index contributed by atoms with van der Waals surface area (Å²) in [6.07, 6.45) is 1.58. The zero-order valence-corrected chi connectivity index (χ0v) is 12.3. The van der Waals surface area contributed by atoms with Crippen LogP contribution in [0.15, 0.2) is 28.7 Å². The fourth-order valence-electron chi connectivity index (χ4n) is 1.93. The summed E-state index contributed by atoms with van der Waals surface area (Å²) >= 11 is 3.35. The Morgan fingerprint density at radius 2 is 2.05 bits per heavy atom. The second-order valence-electron chi connectivity index (χ2n) is 4.14. The van der Waals surface area contributed by atoms with Gasteiger partial charge in [-0.25, -0.2) is 4.68 Å². The molecule has 1 heterocycles. The first-order valence-electron chi connectivity index (χ1n) is 6.09. The predicted molar refractivity (Wildman–Crippen MR) is 76.7 cm³/mol. The summed E-state index contributed by atoms with van der Waals surface area (Å²) < 4.78 is 2.46. The molecule has 0 radical (unpaired) electrons. The topological polar surface area (TPSA) is 61.0 Å². The molecule has 0 aliphatic rings. The number of nitro benzene ring substituents is 1. The molecule has 0 amide bonds. The number of hydrogen-bond donors (Lipinski definition) is 0. The minimum Gasteiger partial charge on any atom is -0.258 e. The van der Waals surface area contributed by atoms with Gasteiger partial charge >= 0.3 is 0 Å². The van der Waals surface area contributed by atoms with Crippen molar-refractivity contribution < 1.29 is 4.92 Å². The maximum absolute atomic E-state index is 11.1. The second kappa shape index (κ2) is 5.52. The number of hydrogen-bond acceptors (Lipinski definition) is 3. The van der Waals surface area contributed by atoms with Crippen molar-refractivity contribution in [2.45, 2.75) is 26.7 Å². The van der Waals surface area contributed by atoms with Gasteiger partial charge in [-0.1, -0.05) is 29.8 Å². The van der Waals surface area contributed by atoms with Crippen LogP contribution in [0.1, 0.15) is 25.2 Å². The van der Waals surface area contributed by atoms with E-state index in [1.165, 1.54) is 6.07 Å². The number of halogens is 1. The van der Waals surface area contributed by atoms with E-state index in [2.05, 4.69) is 21.0 Å². The third kappa shape index (κ3) is 2.68. The van der Waals surface area contributed by atoms with Crippen molar-refractivity contribution in [2.24, 2.45) is 0 Å². The summed E-state index contributed by atoms with van der Waals surface area (Å²) in [5, 5.41) is 15.6. The van der Waals surface area contributed by atoms with Crippen molar-refractivity contribution in [1.29, 1.82) is 0 Å². The molecule has 0 aliphatic heterocycles. The van der Waals surface area contributed by atoms with Gasteiger partial charge in [-0.3, -0.25) is 10.1 Å². The fourth-order valence-corrected chi connectivity index (χ4v) is 2.28. The highest BCUT2D eigenvalue weighted by Gasteiger charge is 2.18. The molecule has 1 aromatic heterocycles. The quantitative estimate of drug-likeness (QED) is 0.637. The predicted octanol–water partition coefficient (Wildman–Crippen LogP) is 3.67. The number of benzene rings is 1. The Morgan fingerprint density at radius 1 is 1.32 bits per heavy atom. The molecule has 0 saturated heterocycles. The molecule has 6 heteroatoms. The van der Waals surface area contributed by atoms with Gasteiger partial charge in [0, 0.05) is 16.2 Å². The van der Waals surface area contributed by atoms with Gasteiger partial charge in [0.2, 0.25) is 0 Å². The van der Waals surface area contributed by atoms with Crippen LogP contribution >= 0.6 is 15.9 Å². The Kier molecular flexibility index (Phi) is 3.99. The molecule has 0 fully saturated rings. The van der Waals surface area contributed by atoms with E-state index < -0.39 is 0 Å². The SMILES string of the molecule is CCc1cc(CC)n(-c2cc(Br)ccc2[N+](=O)[O-])n1. The van der Waals surface area contributed by atoms with E-state index in [9.17, 15) is 10.1 Å². The molecule has 5 nitrogen and oxygen atoms in total. The number of aromatic nitrogens is 2. The molecule has 1 aromatic carbocycles. The smallest absolute Gasteiger partial charge is 0.258 e. The molecular weight excluding hydrogens is 310 g/mol. The van der Waals surface area contributed by atoms with Crippen molar-refractivity contribution in [3.05, 3.63) is 50.2 Å². The Bertz CT molecular complexity index is 622. The van der Waals surface area contributed by atoms with E-state index in [1.54, 1.807) is 16.8 Å². The van der Waals surface area contributed by atoms with Crippen LogP contribution in [0, 0.1) is 10.1 Å². The lowest BCUT2D eigenvalue weighted by molar-refractivity contribution is -0.384. The Hall–Kier alpha value is -1.69. The lowest BCUT2D eigenvalue weighted by Gasteiger charge is -2.07. The van der Waals surface area contributed by atoms with Crippen LogP contribution in [0.2, 0.25) is 0 Å². The van der Waals surface area contributed by atoms with E-state index in [1.807, 2.05) is 19.9 Å². The van der Waals surface area contributed by atoms with Gasteiger partial charge in [0.25, 0.3) is 5.69 Å². The zero-order valence-electron chi connectivity index (χ0n) is 10.8. The number of nitro groups is 1. The molecule has 0 atom stereocenters. The highest BCUT2D eigenvalue weighted by Crippen LogP contribution is 2.27. The van der Waals surface area contributed by atoms with E-state index in [4.69, 9.17) is 0 Å². The van der Waals surface area contributed by atoms with Crippen LogP contribution in [-0.4, -0.2) is 14.7 Å². The van der Waals surface area contributed by atoms with Crippen molar-refractivity contribution in [2.75, 3.05) is 0 Å². The second-order valence-corrected chi connectivity index (χ2v) is 5.05. The molecule has 2 aromatic rings. The van der Waals surface area contributed by atoms with Crippen molar-refractivity contribution in [1.82, 2.24) is 9.78 Å². The summed E-state index contributed by atoms with van der Waals surface area (Å²) in [4.78, 5) is 10.8. The molecule has 2 rings (SSSR count). The number of aryl methyl sites for hydroxylation is 2. The molecule has 19 heavy (non-hydrogen) atoms. The first-order valence-corrected chi connectivity index (χ1v) is 6.88. The maximum atomic E-state index is 11.1. The summed E-state index contributed by atoms with van der Waals surface area (Å²) in [7, 11) is 0. The van der Waals surface area contributed by atoms with Crippen LogP contribution in [0.3, 0.4) is 0 Å². The van der Waals surface area contributed by atoms with Gasteiger partial charge in [0.1, 0.15) is 5.69 Å². The average molecular weight is 324 g/mol. The van der Waals surface area contributed by atoms with Gasteiger partial charge in [-0.15, -0.1) is 0 Å². The summed E-state index contributed by atoms with van der Waals surface area (Å²) in [6, 6.07) is 6.87. The van der Waals surface area contributed by atoms with E-state index in [-0.39, 0.29) is 10.6 Å². The lowest BCUT2D eigenvalue weighted by Crippen LogP contribution is -2.05. The number of rotatable bonds is 4. The minimum absolute atomic E-state index is 0.0589. The highest BCUT2D eigenvalue weighted by atomic mass is 79.9. The fraction of sp³-hybridized carbons (Fsp3) is 0.308. The monoisotopic (exact) mass is 323 g/mol. The zero-order chi connectivity index (χ0) is 14.0. The van der Waals surface area contributed by atoms with Crippen LogP contribution in [-0.2, 0) is 12.8 Å². The van der Waals surface area contributed by atoms with Crippen LogP contribution in [0.5, 0.6) is 0 Å². The largest absolute Gasteiger partial charge is 0.294 e. The maximum Gasteiger partial charge on any atom is 0.294 e. The van der Waals surface area contributed by atoms with E-state index >= 15 is 0 Å². The van der Waals surface area contributed by atoms with Gasteiger partial charge in [-0.05, 0) is 31.0 Å². The van der Waals surface area contributed by atoms with Crippen LogP contribution in [0.4, 0.5) is 5.69 Å². The first-order chi connectivity index (χ1) is 9.06. The summed E-state index contributed by atoms with van der Waals surface area (Å²) in [5.41, 5.74) is 2.46. The molecule has 100 valence electrons. The Balaban J connectivity index is 2.66. The lowest BCUT2D eigenvalue weighted by atomic mass is 10.2. The molecule has 0 unspecified atom stereocenters. The molecule has 0 N–H and O–H groups in total. The van der Waals surface area contributed by atoms with Crippen molar-refractivity contribution in [3.8, 4) is 5.69 Å².